The van der Waals surface area contributed by atoms with E-state index in [1.165, 1.54) is 0 Å². The molecule has 228 valence electrons. The van der Waals surface area contributed by atoms with Crippen LogP contribution in [0.25, 0.3) is 0 Å². The topological polar surface area (TPSA) is 124 Å². The number of nitrogens with zero attached hydrogens (tertiary/aromatic N) is 2. The monoisotopic (exact) mass is 581 g/mol. The van der Waals surface area contributed by atoms with Crippen molar-refractivity contribution >= 4 is 17.6 Å². The van der Waals surface area contributed by atoms with Crippen molar-refractivity contribution in [3.63, 3.8) is 0 Å². The number of benzene rings is 2. The summed E-state index contributed by atoms with van der Waals surface area (Å²) in [5.41, 5.74) is 8.04. The molecule has 10 heteroatoms. The highest BCUT2D eigenvalue weighted by atomic mass is 16.7. The van der Waals surface area contributed by atoms with Crippen LogP contribution in [0.15, 0.2) is 42.5 Å². The van der Waals surface area contributed by atoms with Crippen molar-refractivity contribution < 1.29 is 33.6 Å². The van der Waals surface area contributed by atoms with Gasteiger partial charge in [-0.25, -0.2) is 0 Å². The van der Waals surface area contributed by atoms with Gasteiger partial charge in [-0.2, -0.15) is 0 Å². The number of unbranched alkanes of at least 4 members (excludes halogenated alkanes) is 1. The van der Waals surface area contributed by atoms with Gasteiger partial charge in [0.25, 0.3) is 0 Å². The molecular weight excluding hydrogens is 538 g/mol. The van der Waals surface area contributed by atoms with Crippen LogP contribution in [0.2, 0.25) is 0 Å². The maximum atomic E-state index is 14.1. The van der Waals surface area contributed by atoms with E-state index in [1.807, 2.05) is 61.2 Å². The standard InChI is InChI=1S/C32H43N3O7/c1-4-5-11-35(23-8-6-7-21(14-23)17-33)28(36)19-34-18-24(22-9-10-26-27(15-22)42-20-41-26)29(30(37)38)25(34)16-32(2,3)31-39-12-13-40-31/h6-10,14-15,24-25,29,31H,4-5,11-13,16-20,33H2,1-3H3,(H,37,38). The molecule has 3 N–H and O–H groups in total. The van der Waals surface area contributed by atoms with E-state index in [-0.39, 0.29) is 25.2 Å². The Hall–Kier alpha value is -3.18. The highest BCUT2D eigenvalue weighted by Crippen LogP contribution is 2.46. The van der Waals surface area contributed by atoms with Gasteiger partial charge < -0.3 is 34.7 Å². The van der Waals surface area contributed by atoms with Crippen molar-refractivity contribution in [1.82, 2.24) is 4.90 Å². The molecule has 42 heavy (non-hydrogen) atoms. The fourth-order valence-corrected chi connectivity index (χ4v) is 6.50. The van der Waals surface area contributed by atoms with Gasteiger partial charge in [-0.1, -0.05) is 45.4 Å². The highest BCUT2D eigenvalue weighted by molar-refractivity contribution is 5.95. The Bertz CT molecular complexity index is 1260. The van der Waals surface area contributed by atoms with E-state index >= 15 is 0 Å². The van der Waals surface area contributed by atoms with Gasteiger partial charge in [-0.3, -0.25) is 14.5 Å². The number of likely N-dealkylation sites (tertiary alicyclic amines) is 1. The molecule has 2 saturated heterocycles. The second kappa shape index (κ2) is 13.0. The Kier molecular flexibility index (Phi) is 9.37. The van der Waals surface area contributed by atoms with Crippen molar-refractivity contribution in [3.8, 4) is 11.5 Å². The molecule has 2 fully saturated rings. The quantitative estimate of drug-likeness (QED) is 0.383. The van der Waals surface area contributed by atoms with Crippen LogP contribution in [0.3, 0.4) is 0 Å². The smallest absolute Gasteiger partial charge is 0.308 e. The third-order valence-electron chi connectivity index (χ3n) is 8.69. The fraction of sp³-hybridized carbons (Fsp3) is 0.562. The van der Waals surface area contributed by atoms with Crippen molar-refractivity contribution in [2.24, 2.45) is 17.1 Å². The minimum absolute atomic E-state index is 0.0655. The van der Waals surface area contributed by atoms with Crippen LogP contribution < -0.4 is 20.1 Å². The molecule has 2 aromatic carbocycles. The molecule has 0 aromatic heterocycles. The first-order valence-electron chi connectivity index (χ1n) is 14.9. The molecule has 0 radical (unpaired) electrons. The van der Waals surface area contributed by atoms with Gasteiger partial charge in [0.2, 0.25) is 12.7 Å². The van der Waals surface area contributed by atoms with Crippen LogP contribution >= 0.6 is 0 Å². The van der Waals surface area contributed by atoms with E-state index in [2.05, 4.69) is 11.8 Å². The molecule has 0 bridgehead atoms. The van der Waals surface area contributed by atoms with Crippen LogP contribution in [0.1, 0.15) is 57.1 Å². The van der Waals surface area contributed by atoms with Crippen LogP contribution in [0, 0.1) is 11.3 Å². The first-order valence-corrected chi connectivity index (χ1v) is 14.9. The predicted molar refractivity (Wildman–Crippen MR) is 157 cm³/mol. The van der Waals surface area contributed by atoms with E-state index in [0.29, 0.717) is 50.8 Å². The molecule has 3 aliphatic rings. The zero-order valence-corrected chi connectivity index (χ0v) is 24.8. The zero-order valence-electron chi connectivity index (χ0n) is 24.8. The van der Waals surface area contributed by atoms with Crippen molar-refractivity contribution in [2.45, 2.75) is 64.8 Å². The second-order valence-corrected chi connectivity index (χ2v) is 12.1. The summed E-state index contributed by atoms with van der Waals surface area (Å²) in [5.74, 6) is -0.787. The Morgan fingerprint density at radius 3 is 2.57 bits per heavy atom. The SMILES string of the molecule is CCCCN(C(=O)CN1CC(c2ccc3c(c2)OCO3)C(C(=O)O)C1CC(C)(C)C1OCCO1)c1cccc(CN)c1. The molecule has 2 aromatic rings. The number of hydrogen-bond donors (Lipinski definition) is 2. The maximum Gasteiger partial charge on any atom is 0.308 e. The van der Waals surface area contributed by atoms with E-state index in [4.69, 9.17) is 24.7 Å². The van der Waals surface area contributed by atoms with Gasteiger partial charge in [0, 0.05) is 42.7 Å². The summed E-state index contributed by atoms with van der Waals surface area (Å²) in [4.78, 5) is 30.9. The van der Waals surface area contributed by atoms with E-state index in [9.17, 15) is 14.7 Å². The molecule has 5 rings (SSSR count). The summed E-state index contributed by atoms with van der Waals surface area (Å²) in [5, 5.41) is 10.6. The van der Waals surface area contributed by atoms with Gasteiger partial charge >= 0.3 is 5.97 Å². The minimum atomic E-state index is -0.889. The molecule has 1 amide bonds. The second-order valence-electron chi connectivity index (χ2n) is 12.1. The lowest BCUT2D eigenvalue weighted by molar-refractivity contribution is -0.147. The first-order chi connectivity index (χ1) is 20.2. The number of carboxylic acids is 1. The Balaban J connectivity index is 1.47. The molecule has 0 saturated carbocycles. The average molecular weight is 582 g/mol. The fourth-order valence-electron chi connectivity index (χ4n) is 6.50. The lowest BCUT2D eigenvalue weighted by Crippen LogP contribution is -2.47. The first kappa shape index (κ1) is 30.3. The van der Waals surface area contributed by atoms with Gasteiger partial charge in [0.1, 0.15) is 0 Å². The van der Waals surface area contributed by atoms with Gasteiger partial charge in [-0.15, -0.1) is 0 Å². The number of anilines is 1. The molecule has 3 heterocycles. The van der Waals surface area contributed by atoms with E-state index in [1.54, 1.807) is 0 Å². The summed E-state index contributed by atoms with van der Waals surface area (Å²) in [7, 11) is 0. The average Bonchev–Trinajstić information content (AvgIpc) is 3.74. The number of aliphatic carboxylic acids is 1. The third kappa shape index (κ3) is 6.41. The minimum Gasteiger partial charge on any atom is -0.481 e. The molecule has 0 aliphatic carbocycles. The number of carbonyl (C=O) groups excluding carboxylic acids is 1. The van der Waals surface area contributed by atoms with Crippen LogP contribution in [0.4, 0.5) is 5.69 Å². The molecular formula is C32H43N3O7. The van der Waals surface area contributed by atoms with E-state index in [0.717, 1.165) is 29.7 Å². The van der Waals surface area contributed by atoms with Crippen LogP contribution in [-0.4, -0.2) is 73.9 Å². The molecule has 0 spiro atoms. The summed E-state index contributed by atoms with van der Waals surface area (Å²) < 4.78 is 22.8. The van der Waals surface area contributed by atoms with Crippen LogP contribution in [-0.2, 0) is 25.6 Å². The van der Waals surface area contributed by atoms with Gasteiger partial charge in [0.15, 0.2) is 17.8 Å². The highest BCUT2D eigenvalue weighted by Gasteiger charge is 2.50. The number of carboxylic acid groups (broad SMARTS) is 1. The van der Waals surface area contributed by atoms with Crippen molar-refractivity contribution in [3.05, 3.63) is 53.6 Å². The number of amides is 1. The summed E-state index contributed by atoms with van der Waals surface area (Å²) >= 11 is 0. The summed E-state index contributed by atoms with van der Waals surface area (Å²) in [6, 6.07) is 13.0. The molecule has 3 aliphatic heterocycles. The van der Waals surface area contributed by atoms with Gasteiger partial charge in [0.05, 0.1) is 25.7 Å². The number of carbonyl (C=O) groups is 2. The number of fused-ring (bicyclic) bond motifs is 1. The summed E-state index contributed by atoms with van der Waals surface area (Å²) in [6.45, 7) is 8.81. The zero-order chi connectivity index (χ0) is 29.9. The lowest BCUT2D eigenvalue weighted by atomic mass is 9.77. The number of nitrogens with two attached hydrogens (primary N) is 1. The number of rotatable bonds is 12. The largest absolute Gasteiger partial charge is 0.481 e. The Morgan fingerprint density at radius 2 is 1.86 bits per heavy atom. The third-order valence-corrected chi connectivity index (χ3v) is 8.69. The van der Waals surface area contributed by atoms with Gasteiger partial charge in [-0.05, 0) is 48.2 Å². The normalized spacial score (nSPS) is 22.5. The Morgan fingerprint density at radius 1 is 1.10 bits per heavy atom. The molecule has 3 unspecified atom stereocenters. The van der Waals surface area contributed by atoms with Crippen LogP contribution in [0.5, 0.6) is 11.5 Å². The summed E-state index contributed by atoms with van der Waals surface area (Å²) in [6.07, 6.45) is 1.84. The lowest BCUT2D eigenvalue weighted by Gasteiger charge is -2.37. The van der Waals surface area contributed by atoms with Crippen molar-refractivity contribution in [1.29, 1.82) is 0 Å². The Labute approximate surface area is 247 Å². The number of hydrogen-bond acceptors (Lipinski definition) is 8. The molecule has 3 atom stereocenters. The maximum absolute atomic E-state index is 14.1. The predicted octanol–water partition coefficient (Wildman–Crippen LogP) is 3.97. The number of ether oxygens (including phenoxy) is 4. The molecule has 10 nitrogen and oxygen atoms in total. The van der Waals surface area contributed by atoms with E-state index < -0.39 is 29.6 Å². The van der Waals surface area contributed by atoms with Crippen molar-refractivity contribution in [2.75, 3.05) is 44.5 Å².